The van der Waals surface area contributed by atoms with E-state index < -0.39 is 7.14 Å². The van der Waals surface area contributed by atoms with Crippen LogP contribution < -0.4 is 0 Å². The molecule has 0 N–H and O–H groups in total. The topological polar surface area (TPSA) is 82.9 Å². The second-order valence-corrected chi connectivity index (χ2v) is 11.1. The molecular formula is C20H20N7OP. The molecular weight excluding hydrogens is 385 g/mol. The van der Waals surface area contributed by atoms with E-state index in [0.717, 1.165) is 22.3 Å². The molecule has 5 aromatic rings. The predicted molar refractivity (Wildman–Crippen MR) is 112 cm³/mol. The Labute approximate surface area is 167 Å². The van der Waals surface area contributed by atoms with Crippen LogP contribution in [0, 0.1) is 0 Å². The van der Waals surface area contributed by atoms with Crippen LogP contribution in [0.5, 0.6) is 0 Å². The van der Waals surface area contributed by atoms with Crippen LogP contribution in [0.4, 0.5) is 0 Å². The first-order valence-electron chi connectivity index (χ1n) is 9.27. The Morgan fingerprint density at radius 2 is 1.97 bits per heavy atom. The van der Waals surface area contributed by atoms with Gasteiger partial charge in [-0.1, -0.05) is 11.3 Å². The van der Waals surface area contributed by atoms with E-state index >= 15 is 0 Å². The van der Waals surface area contributed by atoms with Gasteiger partial charge in [0.2, 0.25) is 5.65 Å². The van der Waals surface area contributed by atoms with E-state index in [9.17, 15) is 4.57 Å². The van der Waals surface area contributed by atoms with Gasteiger partial charge in [-0.2, -0.15) is 0 Å². The van der Waals surface area contributed by atoms with Crippen LogP contribution in [0.1, 0.15) is 5.56 Å². The van der Waals surface area contributed by atoms with Crippen LogP contribution in [-0.2, 0) is 17.4 Å². The molecule has 0 bridgehead atoms. The lowest BCUT2D eigenvalue weighted by atomic mass is 10.2. The zero-order valence-corrected chi connectivity index (χ0v) is 17.1. The third-order valence-electron chi connectivity index (χ3n) is 4.69. The minimum Gasteiger partial charge on any atom is -0.346 e. The summed E-state index contributed by atoms with van der Waals surface area (Å²) < 4.78 is 17.9. The standard InChI is InChI=1S/C20H20N7OP/c1-29(2,28)14-25-9-7-16(13-25)18-10-21-19-20(22-18)27(24-23-19)12-15-5-6-17-4-3-8-26(17)11-15/h3-11,13H,12,14H2,1-2H3. The van der Waals surface area contributed by atoms with Gasteiger partial charge in [0.05, 0.1) is 24.7 Å². The van der Waals surface area contributed by atoms with Crippen molar-refractivity contribution in [1.82, 2.24) is 33.9 Å². The highest BCUT2D eigenvalue weighted by Crippen LogP contribution is 2.38. The number of fused-ring (bicyclic) bond motifs is 2. The molecule has 0 atom stereocenters. The van der Waals surface area contributed by atoms with E-state index in [1.54, 1.807) is 24.2 Å². The minimum atomic E-state index is -2.15. The maximum atomic E-state index is 12.1. The van der Waals surface area contributed by atoms with Crippen LogP contribution in [0.15, 0.2) is 61.3 Å². The quantitative estimate of drug-likeness (QED) is 0.418. The van der Waals surface area contributed by atoms with Crippen LogP contribution in [0.25, 0.3) is 28.1 Å². The molecule has 5 rings (SSSR count). The van der Waals surface area contributed by atoms with Crippen molar-refractivity contribution < 1.29 is 4.57 Å². The SMILES string of the molecule is CP(C)(=O)Cn1ccc(-c2cnc3nnn(Cc4ccc5cccn5c4)c3n2)c1. The number of rotatable bonds is 5. The van der Waals surface area contributed by atoms with Crippen molar-refractivity contribution in [2.24, 2.45) is 0 Å². The highest BCUT2D eigenvalue weighted by Gasteiger charge is 2.13. The molecule has 0 aromatic carbocycles. The van der Waals surface area contributed by atoms with Gasteiger partial charge in [0.15, 0.2) is 5.65 Å². The summed E-state index contributed by atoms with van der Waals surface area (Å²) in [5.41, 5.74) is 5.06. The maximum absolute atomic E-state index is 12.1. The van der Waals surface area contributed by atoms with Gasteiger partial charge in [-0.3, -0.25) is 0 Å². The van der Waals surface area contributed by atoms with Crippen LogP contribution in [0.3, 0.4) is 0 Å². The summed E-state index contributed by atoms with van der Waals surface area (Å²) in [6, 6.07) is 10.2. The van der Waals surface area contributed by atoms with E-state index in [2.05, 4.69) is 44.1 Å². The van der Waals surface area contributed by atoms with Crippen LogP contribution in [-0.4, -0.2) is 47.3 Å². The molecule has 0 saturated carbocycles. The Kier molecular flexibility index (Phi) is 4.10. The Morgan fingerprint density at radius 1 is 1.07 bits per heavy atom. The zero-order chi connectivity index (χ0) is 20.0. The van der Waals surface area contributed by atoms with Crippen molar-refractivity contribution >= 4 is 24.0 Å². The van der Waals surface area contributed by atoms with Gasteiger partial charge in [0.1, 0.15) is 7.14 Å². The van der Waals surface area contributed by atoms with Crippen molar-refractivity contribution in [2.45, 2.75) is 12.8 Å². The molecule has 0 amide bonds. The van der Waals surface area contributed by atoms with E-state index in [1.165, 1.54) is 0 Å². The molecule has 5 heterocycles. The predicted octanol–water partition coefficient (Wildman–Crippen LogP) is 3.57. The van der Waals surface area contributed by atoms with Crippen molar-refractivity contribution in [3.05, 3.63) is 66.9 Å². The summed E-state index contributed by atoms with van der Waals surface area (Å²) in [5, 5.41) is 8.38. The first-order chi connectivity index (χ1) is 13.9. The third-order valence-corrected chi connectivity index (χ3v) is 5.70. The monoisotopic (exact) mass is 405 g/mol. The lowest BCUT2D eigenvalue weighted by Crippen LogP contribution is -2.04. The molecule has 9 heteroatoms. The molecule has 29 heavy (non-hydrogen) atoms. The molecule has 146 valence electrons. The van der Waals surface area contributed by atoms with Gasteiger partial charge >= 0.3 is 0 Å². The fourth-order valence-corrected chi connectivity index (χ4v) is 4.38. The number of hydrogen-bond donors (Lipinski definition) is 0. The Bertz CT molecular complexity index is 1370. The molecule has 0 saturated heterocycles. The fourth-order valence-electron chi connectivity index (χ4n) is 3.42. The molecule has 0 radical (unpaired) electrons. The molecule has 0 aliphatic heterocycles. The summed E-state index contributed by atoms with van der Waals surface area (Å²) in [4.78, 5) is 9.17. The first kappa shape index (κ1) is 17.8. The lowest BCUT2D eigenvalue weighted by Gasteiger charge is -2.07. The highest BCUT2D eigenvalue weighted by atomic mass is 31.2. The van der Waals surface area contributed by atoms with Crippen molar-refractivity contribution in [3.8, 4) is 11.3 Å². The molecule has 0 aliphatic carbocycles. The molecule has 5 aromatic heterocycles. The average molecular weight is 405 g/mol. The Balaban J connectivity index is 1.48. The van der Waals surface area contributed by atoms with E-state index in [1.807, 2.05) is 35.3 Å². The summed E-state index contributed by atoms with van der Waals surface area (Å²) in [6.07, 6.45) is 10.2. The van der Waals surface area contributed by atoms with Gasteiger partial charge < -0.3 is 13.5 Å². The molecule has 0 spiro atoms. The van der Waals surface area contributed by atoms with Crippen molar-refractivity contribution in [2.75, 3.05) is 13.3 Å². The zero-order valence-electron chi connectivity index (χ0n) is 16.2. The summed E-state index contributed by atoms with van der Waals surface area (Å²) in [5.74, 6) is 0. The van der Waals surface area contributed by atoms with E-state index in [-0.39, 0.29) is 0 Å². The number of nitrogens with zero attached hydrogens (tertiary/aromatic N) is 7. The molecule has 0 aliphatic rings. The van der Waals surface area contributed by atoms with Crippen LogP contribution in [0.2, 0.25) is 0 Å². The Hall–Kier alpha value is -3.25. The van der Waals surface area contributed by atoms with Gasteiger partial charge in [0.25, 0.3) is 0 Å². The Morgan fingerprint density at radius 3 is 2.83 bits per heavy atom. The number of aromatic nitrogens is 7. The third kappa shape index (κ3) is 3.59. The fraction of sp³-hybridized carbons (Fsp3) is 0.200. The normalized spacial score (nSPS) is 12.2. The lowest BCUT2D eigenvalue weighted by molar-refractivity contribution is 0.574. The highest BCUT2D eigenvalue weighted by molar-refractivity contribution is 7.61. The summed E-state index contributed by atoms with van der Waals surface area (Å²) in [7, 11) is -2.15. The van der Waals surface area contributed by atoms with E-state index in [4.69, 9.17) is 4.98 Å². The second kappa shape index (κ2) is 6.67. The smallest absolute Gasteiger partial charge is 0.221 e. The average Bonchev–Trinajstić information content (AvgIpc) is 3.40. The summed E-state index contributed by atoms with van der Waals surface area (Å²) in [6.45, 7) is 4.13. The largest absolute Gasteiger partial charge is 0.346 e. The van der Waals surface area contributed by atoms with Gasteiger partial charge in [-0.05, 0) is 43.2 Å². The first-order valence-corrected chi connectivity index (χ1v) is 12.1. The maximum Gasteiger partial charge on any atom is 0.221 e. The molecule has 8 nitrogen and oxygen atoms in total. The number of pyridine rings is 1. The minimum absolute atomic E-state index is 0.504. The van der Waals surface area contributed by atoms with Crippen LogP contribution >= 0.6 is 7.14 Å². The molecule has 0 fully saturated rings. The second-order valence-electron chi connectivity index (χ2n) is 7.66. The van der Waals surface area contributed by atoms with Gasteiger partial charge in [0, 0.05) is 35.9 Å². The van der Waals surface area contributed by atoms with Gasteiger partial charge in [-0.25, -0.2) is 14.6 Å². The summed E-state index contributed by atoms with van der Waals surface area (Å²) >= 11 is 0. The van der Waals surface area contributed by atoms with Crippen molar-refractivity contribution in [1.29, 1.82) is 0 Å². The van der Waals surface area contributed by atoms with Crippen molar-refractivity contribution in [3.63, 3.8) is 0 Å². The van der Waals surface area contributed by atoms with E-state index in [0.29, 0.717) is 24.1 Å². The van der Waals surface area contributed by atoms with Gasteiger partial charge in [-0.15, -0.1) is 5.10 Å². The number of hydrogen-bond acceptors (Lipinski definition) is 5. The molecule has 0 unspecified atom stereocenters.